The molecule has 0 atom stereocenters. The van der Waals surface area contributed by atoms with E-state index in [0.29, 0.717) is 10.6 Å². The number of hydrogen-bond donors (Lipinski definition) is 0. The summed E-state index contributed by atoms with van der Waals surface area (Å²) in [5, 5.41) is 0.454. The monoisotopic (exact) mass is 268 g/mol. The van der Waals surface area contributed by atoms with Crippen LogP contribution in [0.2, 0.25) is 5.02 Å². The first-order valence-corrected chi connectivity index (χ1v) is 6.83. The van der Waals surface area contributed by atoms with Gasteiger partial charge in [-0.3, -0.25) is 0 Å². The highest BCUT2D eigenvalue weighted by Crippen LogP contribution is 2.25. The number of rotatable bonds is 1. The SMILES string of the molecule is Cc1c(Cl)cccc1S(=O)(=O)Br. The van der Waals surface area contributed by atoms with Crippen molar-refractivity contribution in [3.63, 3.8) is 0 Å². The molecule has 66 valence electrons. The van der Waals surface area contributed by atoms with E-state index in [2.05, 4.69) is 14.8 Å². The molecule has 0 aromatic heterocycles. The fraction of sp³-hybridized carbons (Fsp3) is 0.143. The Hall–Kier alpha value is -0.0600. The van der Waals surface area contributed by atoms with Gasteiger partial charge in [0, 0.05) is 5.02 Å². The van der Waals surface area contributed by atoms with E-state index in [9.17, 15) is 8.42 Å². The van der Waals surface area contributed by atoms with Crippen molar-refractivity contribution < 1.29 is 8.42 Å². The molecule has 0 spiro atoms. The molecule has 0 unspecified atom stereocenters. The third-order valence-corrected chi connectivity index (χ3v) is 3.90. The van der Waals surface area contributed by atoms with Gasteiger partial charge in [-0.05, 0) is 24.6 Å². The molecule has 0 fully saturated rings. The van der Waals surface area contributed by atoms with E-state index in [1.165, 1.54) is 6.07 Å². The van der Waals surface area contributed by atoms with Gasteiger partial charge < -0.3 is 0 Å². The number of benzene rings is 1. The molecule has 0 N–H and O–H groups in total. The van der Waals surface area contributed by atoms with Crippen LogP contribution in [0.25, 0.3) is 0 Å². The summed E-state index contributed by atoms with van der Waals surface area (Å²) in [6, 6.07) is 4.76. The molecule has 5 heteroatoms. The fourth-order valence-corrected chi connectivity index (χ4v) is 2.85. The van der Waals surface area contributed by atoms with E-state index >= 15 is 0 Å². The zero-order valence-electron chi connectivity index (χ0n) is 6.21. The summed E-state index contributed by atoms with van der Waals surface area (Å²) in [6.45, 7) is 1.66. The Balaban J connectivity index is 3.47. The van der Waals surface area contributed by atoms with Crippen molar-refractivity contribution in [3.05, 3.63) is 28.8 Å². The molecular weight excluding hydrogens is 263 g/mol. The average Bonchev–Trinajstić information content (AvgIpc) is 1.92. The standard InChI is InChI=1S/C7H6BrClO2S/c1-5-6(9)3-2-4-7(5)12(8,10)11/h2-4H,1H3. The van der Waals surface area contributed by atoms with Gasteiger partial charge in [0.25, 0.3) is 0 Å². The van der Waals surface area contributed by atoms with Gasteiger partial charge in [-0.1, -0.05) is 17.7 Å². The molecule has 0 saturated heterocycles. The molecule has 0 saturated carbocycles. The third kappa shape index (κ3) is 2.00. The van der Waals surface area contributed by atoms with Crippen LogP contribution in [0.5, 0.6) is 0 Å². The summed E-state index contributed by atoms with van der Waals surface area (Å²) in [4.78, 5) is 0.218. The van der Waals surface area contributed by atoms with Gasteiger partial charge in [0.05, 0.1) is 19.7 Å². The van der Waals surface area contributed by atoms with E-state index in [4.69, 9.17) is 11.6 Å². The predicted octanol–water partition coefficient (Wildman–Crippen LogP) is 2.73. The van der Waals surface area contributed by atoms with Crippen LogP contribution in [0.4, 0.5) is 0 Å². The predicted molar refractivity (Wildman–Crippen MR) is 52.3 cm³/mol. The molecule has 0 heterocycles. The van der Waals surface area contributed by atoms with Crippen molar-refractivity contribution in [3.8, 4) is 0 Å². The van der Waals surface area contributed by atoms with Crippen LogP contribution in [0, 0.1) is 6.92 Å². The van der Waals surface area contributed by atoms with Crippen molar-refractivity contribution in [1.82, 2.24) is 0 Å². The van der Waals surface area contributed by atoms with E-state index in [1.807, 2.05) is 0 Å². The topological polar surface area (TPSA) is 34.1 Å². The Morgan fingerprint density at radius 2 is 2.00 bits per heavy atom. The van der Waals surface area contributed by atoms with E-state index in [1.54, 1.807) is 19.1 Å². The summed E-state index contributed by atoms with van der Waals surface area (Å²) >= 11 is 8.32. The van der Waals surface area contributed by atoms with Gasteiger partial charge in [0.15, 0.2) is 0 Å². The summed E-state index contributed by atoms with van der Waals surface area (Å²) in [5.41, 5.74) is 0.566. The quantitative estimate of drug-likeness (QED) is 0.735. The first kappa shape index (κ1) is 10.0. The number of hydrogen-bond acceptors (Lipinski definition) is 2. The van der Waals surface area contributed by atoms with Crippen molar-refractivity contribution in [2.45, 2.75) is 11.8 Å². The molecule has 12 heavy (non-hydrogen) atoms. The smallest absolute Gasteiger partial charge is 0.212 e. The summed E-state index contributed by atoms with van der Waals surface area (Å²) in [5.74, 6) is 0. The zero-order chi connectivity index (χ0) is 9.35. The van der Waals surface area contributed by atoms with E-state index < -0.39 is 8.27 Å². The minimum Gasteiger partial charge on any atom is -0.212 e. The van der Waals surface area contributed by atoms with Crippen LogP contribution in [-0.2, 0) is 8.27 Å². The van der Waals surface area contributed by atoms with Gasteiger partial charge in [-0.2, -0.15) is 0 Å². The molecular formula is C7H6BrClO2S. The lowest BCUT2D eigenvalue weighted by Gasteiger charge is -2.02. The number of halogens is 2. The highest BCUT2D eigenvalue weighted by atomic mass is 79.9. The second-order valence-corrected chi connectivity index (χ2v) is 6.58. The lowest BCUT2D eigenvalue weighted by atomic mass is 10.2. The lowest BCUT2D eigenvalue weighted by Crippen LogP contribution is -1.93. The summed E-state index contributed by atoms with van der Waals surface area (Å²) in [7, 11) is -3.33. The second-order valence-electron chi connectivity index (χ2n) is 2.30. The third-order valence-electron chi connectivity index (χ3n) is 1.48. The van der Waals surface area contributed by atoms with E-state index in [0.717, 1.165) is 0 Å². The summed E-state index contributed by atoms with van der Waals surface area (Å²) in [6.07, 6.45) is 0. The summed E-state index contributed by atoms with van der Waals surface area (Å²) < 4.78 is 22.1. The van der Waals surface area contributed by atoms with Gasteiger partial charge in [0.2, 0.25) is 8.27 Å². The molecule has 1 aromatic rings. The Bertz CT molecular complexity index is 400. The van der Waals surface area contributed by atoms with Crippen LogP contribution >= 0.6 is 26.4 Å². The zero-order valence-corrected chi connectivity index (χ0v) is 9.37. The maximum atomic E-state index is 11.1. The van der Waals surface area contributed by atoms with Crippen LogP contribution in [0.15, 0.2) is 23.1 Å². The highest BCUT2D eigenvalue weighted by Gasteiger charge is 2.13. The van der Waals surface area contributed by atoms with Gasteiger partial charge in [0.1, 0.15) is 0 Å². The molecule has 0 aliphatic rings. The molecule has 0 radical (unpaired) electrons. The molecule has 1 aromatic carbocycles. The Morgan fingerprint density at radius 1 is 1.42 bits per heavy atom. The van der Waals surface area contributed by atoms with Crippen LogP contribution in [0.1, 0.15) is 5.56 Å². The average molecular weight is 270 g/mol. The maximum absolute atomic E-state index is 11.1. The Morgan fingerprint density at radius 3 is 2.42 bits per heavy atom. The van der Waals surface area contributed by atoms with Crippen molar-refractivity contribution in [2.24, 2.45) is 0 Å². The van der Waals surface area contributed by atoms with Crippen molar-refractivity contribution in [2.75, 3.05) is 0 Å². The Labute approximate surface area is 83.7 Å². The van der Waals surface area contributed by atoms with Crippen LogP contribution in [-0.4, -0.2) is 8.42 Å². The van der Waals surface area contributed by atoms with E-state index in [-0.39, 0.29) is 4.90 Å². The van der Waals surface area contributed by atoms with Gasteiger partial charge >= 0.3 is 0 Å². The minimum atomic E-state index is -3.33. The second kappa shape index (κ2) is 3.36. The van der Waals surface area contributed by atoms with Crippen molar-refractivity contribution >= 4 is 34.7 Å². The molecule has 0 aliphatic heterocycles. The molecule has 1 rings (SSSR count). The maximum Gasteiger partial charge on any atom is 0.237 e. The first-order chi connectivity index (χ1) is 5.43. The molecule has 0 bridgehead atoms. The van der Waals surface area contributed by atoms with Gasteiger partial charge in [-0.15, -0.1) is 0 Å². The highest BCUT2D eigenvalue weighted by molar-refractivity contribution is 9.47. The largest absolute Gasteiger partial charge is 0.237 e. The van der Waals surface area contributed by atoms with Gasteiger partial charge in [-0.25, -0.2) is 8.42 Å². The van der Waals surface area contributed by atoms with Crippen LogP contribution < -0.4 is 0 Å². The Kier molecular flexibility index (Phi) is 2.81. The molecule has 0 amide bonds. The fourth-order valence-electron chi connectivity index (χ4n) is 0.852. The van der Waals surface area contributed by atoms with Crippen molar-refractivity contribution in [1.29, 1.82) is 0 Å². The first-order valence-electron chi connectivity index (χ1n) is 3.12. The molecule has 2 nitrogen and oxygen atoms in total. The molecule has 0 aliphatic carbocycles. The lowest BCUT2D eigenvalue weighted by molar-refractivity contribution is 0.611. The normalized spacial score (nSPS) is 11.6. The minimum absolute atomic E-state index is 0.218. The van der Waals surface area contributed by atoms with Crippen LogP contribution in [0.3, 0.4) is 0 Å².